The van der Waals surface area contributed by atoms with E-state index in [0.29, 0.717) is 0 Å². The largest absolute Gasteiger partial charge is 0.256 e. The second kappa shape index (κ2) is 24.2. The molecule has 10 heteroatoms. The van der Waals surface area contributed by atoms with Crippen molar-refractivity contribution in [3.8, 4) is 89.7 Å². The van der Waals surface area contributed by atoms with Crippen LogP contribution in [0.15, 0.2) is 328 Å². The average molecular weight is 1280 g/mol. The van der Waals surface area contributed by atoms with Gasteiger partial charge >= 0.3 is 0 Å². The van der Waals surface area contributed by atoms with Crippen LogP contribution in [-0.4, -0.2) is 49.8 Å². The van der Waals surface area contributed by atoms with Crippen LogP contribution >= 0.6 is 0 Å². The summed E-state index contributed by atoms with van der Waals surface area (Å²) in [5, 5.41) is 11.0. The van der Waals surface area contributed by atoms with Gasteiger partial charge in [0.2, 0.25) is 0 Å². The van der Waals surface area contributed by atoms with Gasteiger partial charge in [0, 0.05) is 113 Å². The Hall–Kier alpha value is -13.7. The van der Waals surface area contributed by atoms with Gasteiger partial charge in [0.15, 0.2) is 0 Å². The van der Waals surface area contributed by atoms with E-state index in [1.165, 1.54) is 0 Å². The molecule has 0 aliphatic rings. The monoisotopic (exact) mass is 1270 g/mol. The zero-order valence-corrected chi connectivity index (χ0v) is 53.6. The Labute approximate surface area is 573 Å². The summed E-state index contributed by atoms with van der Waals surface area (Å²) in [4.78, 5) is 48.4. The van der Waals surface area contributed by atoms with Crippen molar-refractivity contribution in [2.24, 2.45) is 0 Å². The summed E-state index contributed by atoms with van der Waals surface area (Å²) in [7, 11) is 0. The van der Waals surface area contributed by atoms with Gasteiger partial charge in [-0.3, -0.25) is 24.9 Å². The summed E-state index contributed by atoms with van der Waals surface area (Å²) in [5.41, 5.74) is 26.1. The number of benzene rings is 10. The molecule has 10 aromatic heterocycles. The van der Waals surface area contributed by atoms with Crippen molar-refractivity contribution in [3.63, 3.8) is 0 Å². The molecular formula is C90H54N10. The van der Waals surface area contributed by atoms with Gasteiger partial charge in [0.05, 0.1) is 83.6 Å². The van der Waals surface area contributed by atoms with E-state index in [1.807, 2.05) is 61.3 Å². The Balaban J connectivity index is 0.000000139. The van der Waals surface area contributed by atoms with Crippen LogP contribution in [0, 0.1) is 0 Å². The normalized spacial score (nSPS) is 11.6. The van der Waals surface area contributed by atoms with Crippen molar-refractivity contribution in [3.05, 3.63) is 328 Å². The molecule has 10 nitrogen and oxygen atoms in total. The zero-order chi connectivity index (χ0) is 66.0. The zero-order valence-electron chi connectivity index (χ0n) is 53.6. The van der Waals surface area contributed by atoms with E-state index < -0.39 is 0 Å². The van der Waals surface area contributed by atoms with Crippen LogP contribution in [0.4, 0.5) is 0 Å². The molecule has 20 rings (SSSR count). The molecule has 0 spiro atoms. The number of hydrogen-bond acceptors (Lipinski definition) is 10. The lowest BCUT2D eigenvalue weighted by Crippen LogP contribution is -1.90. The van der Waals surface area contributed by atoms with E-state index >= 15 is 0 Å². The van der Waals surface area contributed by atoms with Crippen LogP contribution in [0.1, 0.15) is 0 Å². The number of rotatable bonds is 8. The van der Waals surface area contributed by atoms with Crippen molar-refractivity contribution < 1.29 is 0 Å². The van der Waals surface area contributed by atoms with Crippen LogP contribution in [0.25, 0.3) is 199 Å². The van der Waals surface area contributed by atoms with Crippen LogP contribution in [0.2, 0.25) is 0 Å². The summed E-state index contributed by atoms with van der Waals surface area (Å²) in [6.45, 7) is 0. The average Bonchev–Trinajstić information content (AvgIpc) is 0.784. The van der Waals surface area contributed by atoms with E-state index in [0.717, 1.165) is 199 Å². The molecule has 10 aromatic carbocycles. The third-order valence-corrected chi connectivity index (χ3v) is 19.1. The molecule has 0 bridgehead atoms. The second-order valence-electron chi connectivity index (χ2n) is 25.1. The Bertz CT molecular complexity index is 6650. The maximum absolute atomic E-state index is 5.08. The first-order valence-corrected chi connectivity index (χ1v) is 33.3. The molecule has 0 aliphatic heterocycles. The van der Waals surface area contributed by atoms with Gasteiger partial charge in [0.25, 0.3) is 0 Å². The number of nitrogens with zero attached hydrogens (tertiary/aromatic N) is 10. The molecule has 0 saturated carbocycles. The van der Waals surface area contributed by atoms with Crippen molar-refractivity contribution in [2.45, 2.75) is 0 Å². The van der Waals surface area contributed by atoms with Crippen molar-refractivity contribution in [1.29, 1.82) is 0 Å². The predicted molar refractivity (Wildman–Crippen MR) is 409 cm³/mol. The molecule has 0 aliphatic carbocycles. The molecule has 20 aromatic rings. The Morgan fingerprint density at radius 2 is 0.500 bits per heavy atom. The first kappa shape index (κ1) is 57.7. The van der Waals surface area contributed by atoms with E-state index in [9.17, 15) is 0 Å². The first-order valence-electron chi connectivity index (χ1n) is 33.3. The van der Waals surface area contributed by atoms with Crippen molar-refractivity contribution >= 4 is 109 Å². The summed E-state index contributed by atoms with van der Waals surface area (Å²) in [6.07, 6.45) is 9.15. The lowest BCUT2D eigenvalue weighted by molar-refractivity contribution is 1.36. The molecule has 100 heavy (non-hydrogen) atoms. The molecule has 0 N–H and O–H groups in total. The second-order valence-corrected chi connectivity index (χ2v) is 25.1. The van der Waals surface area contributed by atoms with Gasteiger partial charge in [-0.15, -0.1) is 0 Å². The van der Waals surface area contributed by atoms with Gasteiger partial charge in [-0.05, 0) is 137 Å². The molecule has 0 radical (unpaired) electrons. The van der Waals surface area contributed by atoms with Gasteiger partial charge in [-0.25, -0.2) is 24.9 Å². The van der Waals surface area contributed by atoms with E-state index in [1.54, 1.807) is 0 Å². The molecule has 0 fully saturated rings. The van der Waals surface area contributed by atoms with Gasteiger partial charge in [-0.1, -0.05) is 194 Å². The molecule has 0 saturated heterocycles. The molecule has 0 amide bonds. The van der Waals surface area contributed by atoms with Crippen LogP contribution in [0.3, 0.4) is 0 Å². The highest BCUT2D eigenvalue weighted by Gasteiger charge is 2.16. The molecule has 0 atom stereocenters. The highest BCUT2D eigenvalue weighted by Crippen LogP contribution is 2.38. The van der Waals surface area contributed by atoms with E-state index in [4.69, 9.17) is 24.9 Å². The third-order valence-electron chi connectivity index (χ3n) is 19.1. The molecule has 10 heterocycles. The number of hydrogen-bond donors (Lipinski definition) is 0. The fourth-order valence-corrected chi connectivity index (χ4v) is 14.0. The van der Waals surface area contributed by atoms with Crippen LogP contribution in [-0.2, 0) is 0 Å². The Morgan fingerprint density at radius 1 is 0.160 bits per heavy atom. The summed E-state index contributed by atoms with van der Waals surface area (Å²) < 4.78 is 0. The molecular weight excluding hydrogens is 1220 g/mol. The SMILES string of the molecule is c1cnc2c(-c3ccc4ccc(-c5ccc6nc(-c7ccc(-c8cc9cccnc9c9ncccc89)cc7)ccc6c5)cc4n3)cccc2c1.c1cnc2c(-c3ccc4ccc(-c5ccc6nc(-c7ccc(-c8ccc9ccc%10cccnc%10c9n8)cc7)ccc6c5)cc4n3)cccc2c1. The van der Waals surface area contributed by atoms with E-state index in [-0.39, 0.29) is 0 Å². The number of pyridine rings is 10. The first-order chi connectivity index (χ1) is 49.5. The number of fused-ring (bicyclic) bond motifs is 12. The lowest BCUT2D eigenvalue weighted by atomic mass is 9.96. The van der Waals surface area contributed by atoms with Crippen molar-refractivity contribution in [2.75, 3.05) is 0 Å². The Morgan fingerprint density at radius 3 is 1.03 bits per heavy atom. The smallest absolute Gasteiger partial charge is 0.0972 e. The predicted octanol–water partition coefficient (Wildman–Crippen LogP) is 22.2. The Kier molecular flexibility index (Phi) is 14.0. The van der Waals surface area contributed by atoms with Crippen LogP contribution < -0.4 is 0 Å². The minimum Gasteiger partial charge on any atom is -0.256 e. The lowest BCUT2D eigenvalue weighted by Gasteiger charge is -2.11. The molecule has 0 unspecified atom stereocenters. The number of para-hydroxylation sites is 2. The fourth-order valence-electron chi connectivity index (χ4n) is 14.0. The maximum Gasteiger partial charge on any atom is 0.0972 e. The molecule has 464 valence electrons. The minimum absolute atomic E-state index is 0.918. The quantitative estimate of drug-likeness (QED) is 0.136. The van der Waals surface area contributed by atoms with E-state index in [2.05, 4.69) is 292 Å². The highest BCUT2D eigenvalue weighted by molar-refractivity contribution is 6.10. The summed E-state index contributed by atoms with van der Waals surface area (Å²) in [6, 6.07) is 103. The topological polar surface area (TPSA) is 129 Å². The van der Waals surface area contributed by atoms with Gasteiger partial charge in [-0.2, -0.15) is 0 Å². The summed E-state index contributed by atoms with van der Waals surface area (Å²) >= 11 is 0. The summed E-state index contributed by atoms with van der Waals surface area (Å²) in [5.74, 6) is 0. The fraction of sp³-hybridized carbons (Fsp3) is 0. The third kappa shape index (κ3) is 10.6. The minimum atomic E-state index is 0.918. The van der Waals surface area contributed by atoms with Crippen molar-refractivity contribution in [1.82, 2.24) is 49.8 Å². The van der Waals surface area contributed by atoms with Crippen LogP contribution in [0.5, 0.6) is 0 Å². The highest BCUT2D eigenvalue weighted by atomic mass is 14.8. The number of aromatic nitrogens is 10. The van der Waals surface area contributed by atoms with Gasteiger partial charge in [0.1, 0.15) is 0 Å². The standard InChI is InChI=1S/2C45H27N5/c1-5-31-6-2-22-46-43(31)37(8-1)41-21-16-30-14-15-33(27-42(30)50-41)32-17-19-40-34(25-32)18-20-39(49-40)29-12-10-28(11-13-29)38-26-35-7-3-23-47-44(35)45-36(38)9-4-24-48-45;1-4-31-5-2-24-46-43(31)37(7-1)41-23-16-30-12-15-35(27-42(30)49-41)34-18-21-40-36(26-34)19-22-38(48-40)28-8-10-29(11-9-28)39-20-17-33-14-13-32-6-3-25-47-44(32)45(33)50-39/h2*1-27H. The van der Waals surface area contributed by atoms with Gasteiger partial charge < -0.3 is 0 Å². The maximum atomic E-state index is 5.08.